The molecule has 2 aliphatic rings. The predicted octanol–water partition coefficient (Wildman–Crippen LogP) is 4.88. The highest BCUT2D eigenvalue weighted by Crippen LogP contribution is 2.49. The van der Waals surface area contributed by atoms with Crippen LogP contribution in [0.4, 0.5) is 20.3 Å². The summed E-state index contributed by atoms with van der Waals surface area (Å²) in [5.41, 5.74) is -1.24. The molecule has 2 aromatic heterocycles. The second-order valence-electron chi connectivity index (χ2n) is 11.8. The van der Waals surface area contributed by atoms with Crippen LogP contribution in [0.5, 0.6) is 5.75 Å². The van der Waals surface area contributed by atoms with Gasteiger partial charge >= 0.3 is 5.69 Å². The summed E-state index contributed by atoms with van der Waals surface area (Å²) >= 11 is 7.05. The van der Waals surface area contributed by atoms with E-state index >= 15 is 8.78 Å². The Hall–Kier alpha value is -4.91. The zero-order valence-corrected chi connectivity index (χ0v) is 26.2. The Bertz CT molecular complexity index is 1980. The average Bonchev–Trinajstić information content (AvgIpc) is 3.14. The maximum absolute atomic E-state index is 16.9. The minimum atomic E-state index is -1.14. The highest BCUT2D eigenvalue weighted by molar-refractivity contribution is 6.39. The number of benzene rings is 2. The highest BCUT2D eigenvalue weighted by Gasteiger charge is 2.41. The van der Waals surface area contributed by atoms with Gasteiger partial charge in [0.2, 0.25) is 11.8 Å². The molecule has 0 radical (unpaired) electrons. The molecule has 46 heavy (non-hydrogen) atoms. The normalized spacial score (nSPS) is 16.1. The molecule has 2 N–H and O–H groups in total. The molecule has 0 bridgehead atoms. The summed E-state index contributed by atoms with van der Waals surface area (Å²) in [6.07, 6.45) is 2.52. The van der Waals surface area contributed by atoms with Crippen LogP contribution in [0.25, 0.3) is 27.7 Å². The van der Waals surface area contributed by atoms with Gasteiger partial charge in [-0.2, -0.15) is 4.98 Å². The van der Waals surface area contributed by atoms with Crippen LogP contribution in [-0.2, 0) is 9.59 Å². The zero-order chi connectivity index (χ0) is 33.2. The van der Waals surface area contributed by atoms with E-state index in [1.807, 2.05) is 27.7 Å². The first-order valence-corrected chi connectivity index (χ1v) is 15.0. The van der Waals surface area contributed by atoms with Crippen LogP contribution in [0.1, 0.15) is 50.9 Å². The van der Waals surface area contributed by atoms with E-state index < -0.39 is 62.8 Å². The Kier molecular flexibility index (Phi) is 7.75. The van der Waals surface area contributed by atoms with Gasteiger partial charge in [0.25, 0.3) is 0 Å². The molecular formula is C32H30ClF2N7O4. The number of anilines is 2. The van der Waals surface area contributed by atoms with Crippen molar-refractivity contribution < 1.29 is 23.5 Å². The number of amides is 2. The number of piperazine rings is 1. The second-order valence-corrected chi connectivity index (χ2v) is 12.2. The quantitative estimate of drug-likeness (QED) is 0.292. The molecular weight excluding hydrogens is 620 g/mol. The van der Waals surface area contributed by atoms with Crippen LogP contribution in [0, 0.1) is 11.6 Å². The SMILES string of the molecule is C=CC(=O)N1CCN2c3nc(=O)n(-c4c(C(C)C)ncnc4C(C)C)c4c(Cl)c(-c5c(O)cccc5F)c(F)c(c34)NC(=O)C2C1. The zero-order valence-electron chi connectivity index (χ0n) is 25.4. The lowest BCUT2D eigenvalue weighted by molar-refractivity contribution is -0.128. The van der Waals surface area contributed by atoms with Gasteiger partial charge in [-0.3, -0.25) is 14.2 Å². The number of nitrogens with one attached hydrogen (secondary N) is 1. The summed E-state index contributed by atoms with van der Waals surface area (Å²) in [5, 5.41) is 12.9. The largest absolute Gasteiger partial charge is 0.507 e. The molecule has 0 saturated carbocycles. The lowest BCUT2D eigenvalue weighted by Crippen LogP contribution is -2.58. The Morgan fingerprint density at radius 3 is 2.39 bits per heavy atom. The lowest BCUT2D eigenvalue weighted by atomic mass is 9.98. The number of carbonyl (C=O) groups excluding carboxylic acids is 2. The van der Waals surface area contributed by atoms with Gasteiger partial charge in [-0.05, 0) is 30.0 Å². The summed E-state index contributed by atoms with van der Waals surface area (Å²) in [5.74, 6) is -4.32. The van der Waals surface area contributed by atoms with Gasteiger partial charge in [0, 0.05) is 18.7 Å². The molecule has 238 valence electrons. The molecule has 1 atom stereocenters. The molecule has 0 aliphatic carbocycles. The summed E-state index contributed by atoms with van der Waals surface area (Å²) in [7, 11) is 0. The number of halogens is 3. The first-order chi connectivity index (χ1) is 21.9. The molecule has 2 amide bonds. The average molecular weight is 650 g/mol. The third-order valence-electron chi connectivity index (χ3n) is 8.32. The lowest BCUT2D eigenvalue weighted by Gasteiger charge is -2.40. The molecule has 1 unspecified atom stereocenters. The van der Waals surface area contributed by atoms with Gasteiger partial charge < -0.3 is 20.2 Å². The van der Waals surface area contributed by atoms with E-state index in [9.17, 15) is 19.5 Å². The van der Waals surface area contributed by atoms with Crippen molar-refractivity contribution in [2.45, 2.75) is 45.6 Å². The molecule has 6 rings (SSSR count). The van der Waals surface area contributed by atoms with Crippen molar-refractivity contribution in [1.29, 1.82) is 0 Å². The van der Waals surface area contributed by atoms with Crippen molar-refractivity contribution >= 4 is 45.8 Å². The van der Waals surface area contributed by atoms with E-state index in [0.29, 0.717) is 11.4 Å². The van der Waals surface area contributed by atoms with Crippen LogP contribution in [-0.4, -0.2) is 67.0 Å². The second kappa shape index (κ2) is 11.5. The topological polar surface area (TPSA) is 134 Å². The number of nitrogens with zero attached hydrogens (tertiary/aromatic N) is 6. The maximum Gasteiger partial charge on any atom is 0.354 e. The number of phenolic OH excluding ortho intramolecular Hbond substituents is 1. The summed E-state index contributed by atoms with van der Waals surface area (Å²) in [6, 6.07) is 2.37. The van der Waals surface area contributed by atoms with Crippen LogP contribution in [0.3, 0.4) is 0 Å². The van der Waals surface area contributed by atoms with E-state index in [0.717, 1.165) is 12.1 Å². The molecule has 14 heteroatoms. The number of aromatic hydroxyl groups is 1. The predicted molar refractivity (Wildman–Crippen MR) is 170 cm³/mol. The van der Waals surface area contributed by atoms with E-state index in [1.54, 1.807) is 0 Å². The van der Waals surface area contributed by atoms with Gasteiger partial charge in [0.1, 0.15) is 29.8 Å². The Morgan fingerprint density at radius 1 is 1.11 bits per heavy atom. The smallest absolute Gasteiger partial charge is 0.354 e. The van der Waals surface area contributed by atoms with E-state index in [2.05, 4.69) is 26.8 Å². The van der Waals surface area contributed by atoms with Gasteiger partial charge in [0.05, 0.1) is 50.8 Å². The van der Waals surface area contributed by atoms with Crippen LogP contribution in [0.15, 0.2) is 42.0 Å². The van der Waals surface area contributed by atoms with Crippen molar-refractivity contribution in [3.63, 3.8) is 0 Å². The number of fused-ring (bicyclic) bond motifs is 2. The third kappa shape index (κ3) is 4.68. The number of aromatic nitrogens is 4. The molecule has 1 saturated heterocycles. The number of phenols is 1. The Balaban J connectivity index is 1.81. The minimum Gasteiger partial charge on any atom is -0.507 e. The van der Waals surface area contributed by atoms with Crippen LogP contribution < -0.4 is 15.9 Å². The van der Waals surface area contributed by atoms with Gasteiger partial charge in [-0.25, -0.2) is 23.5 Å². The van der Waals surface area contributed by atoms with E-state index in [1.165, 1.54) is 32.8 Å². The molecule has 4 heterocycles. The fourth-order valence-electron chi connectivity index (χ4n) is 6.19. The summed E-state index contributed by atoms with van der Waals surface area (Å²) < 4.78 is 33.4. The number of hydrogen-bond donors (Lipinski definition) is 2. The highest BCUT2D eigenvalue weighted by atomic mass is 35.5. The number of hydrogen-bond acceptors (Lipinski definition) is 8. The summed E-state index contributed by atoms with van der Waals surface area (Å²) in [4.78, 5) is 56.9. The van der Waals surface area contributed by atoms with Crippen molar-refractivity contribution in [3.8, 4) is 22.6 Å². The minimum absolute atomic E-state index is 0.0192. The first kappa shape index (κ1) is 31.1. The van der Waals surface area contributed by atoms with E-state index in [-0.39, 0.29) is 53.9 Å². The fraction of sp³-hybridized carbons (Fsp3) is 0.312. The summed E-state index contributed by atoms with van der Waals surface area (Å²) in [6.45, 7) is 11.2. The first-order valence-electron chi connectivity index (χ1n) is 14.7. The maximum atomic E-state index is 16.9. The van der Waals surface area contributed by atoms with E-state index in [4.69, 9.17) is 11.6 Å². The molecule has 4 aromatic rings. The van der Waals surface area contributed by atoms with Gasteiger partial charge in [-0.1, -0.05) is 51.9 Å². The molecule has 1 fully saturated rings. The van der Waals surface area contributed by atoms with Crippen molar-refractivity contribution in [2.24, 2.45) is 0 Å². The molecule has 2 aliphatic heterocycles. The number of carbonyl (C=O) groups is 2. The molecule has 0 spiro atoms. The monoisotopic (exact) mass is 649 g/mol. The van der Waals surface area contributed by atoms with Crippen molar-refractivity contribution in [3.05, 3.63) is 75.7 Å². The van der Waals surface area contributed by atoms with Crippen molar-refractivity contribution in [1.82, 2.24) is 24.4 Å². The number of rotatable bonds is 5. The standard InChI is InChI=1S/C32H30ClF2N7O4/c1-6-19(44)40-10-11-41-17(12-40)31(45)38-27-22-28(23(33)21(24(27)35)20-16(34)8-7-9-18(20)43)42(32(46)39-30(22)41)29-25(14(2)3)36-13-37-26(29)15(4)5/h6-9,13-15,17,43H,1,10-12H2,2-5H3,(H,38,45). The molecule has 11 nitrogen and oxygen atoms in total. The third-order valence-corrected chi connectivity index (χ3v) is 8.69. The Morgan fingerprint density at radius 2 is 1.78 bits per heavy atom. The molecule has 2 aromatic carbocycles. The van der Waals surface area contributed by atoms with Gasteiger partial charge in [0.15, 0.2) is 5.82 Å². The fourth-order valence-corrected chi connectivity index (χ4v) is 6.54. The van der Waals surface area contributed by atoms with Gasteiger partial charge in [-0.15, -0.1) is 0 Å². The van der Waals surface area contributed by atoms with Crippen LogP contribution in [0.2, 0.25) is 5.02 Å². The Labute approximate surface area is 267 Å². The van der Waals surface area contributed by atoms with Crippen molar-refractivity contribution in [2.75, 3.05) is 29.9 Å². The van der Waals surface area contributed by atoms with Crippen LogP contribution >= 0.6 is 11.6 Å².